The second kappa shape index (κ2) is 10.1. The SMILES string of the molecule is CN1[C@@H]2CC[C@H]1[C@H](F)[C@H](Nc1cccc3c(CC(F)(F)F)c(-c4noc(CNC(=O)c5cn(C)cn5)n4)sc13)C2. The summed E-state index contributed by atoms with van der Waals surface area (Å²) in [6, 6.07) is 4.75. The van der Waals surface area contributed by atoms with Crippen LogP contribution in [0, 0.1) is 0 Å². The van der Waals surface area contributed by atoms with Crippen LogP contribution in [-0.2, 0) is 20.0 Å². The third kappa shape index (κ3) is 5.05. The average molecular weight is 578 g/mol. The molecule has 1 aromatic carbocycles. The molecule has 0 saturated carbocycles. The maximum atomic E-state index is 15.4. The molecule has 212 valence electrons. The first kappa shape index (κ1) is 26.7. The number of thiophene rings is 1. The van der Waals surface area contributed by atoms with E-state index in [1.807, 2.05) is 7.05 Å². The number of nitrogens with one attached hydrogen (secondary N) is 2. The average Bonchev–Trinajstić information content (AvgIpc) is 3.67. The van der Waals surface area contributed by atoms with E-state index in [1.165, 1.54) is 6.33 Å². The lowest BCUT2D eigenvalue weighted by Gasteiger charge is -2.39. The first-order chi connectivity index (χ1) is 19.1. The molecule has 2 fully saturated rings. The van der Waals surface area contributed by atoms with E-state index in [1.54, 1.807) is 36.0 Å². The number of amides is 1. The molecule has 2 N–H and O–H groups in total. The van der Waals surface area contributed by atoms with Crippen LogP contribution in [0.1, 0.15) is 41.2 Å². The van der Waals surface area contributed by atoms with Gasteiger partial charge in [-0.1, -0.05) is 17.3 Å². The number of carbonyl (C=O) groups excluding carboxylic acids is 1. The highest BCUT2D eigenvalue weighted by molar-refractivity contribution is 7.23. The Bertz CT molecular complexity index is 1550. The number of piperidine rings is 1. The molecular formula is C26H27F4N7O2S. The van der Waals surface area contributed by atoms with Crippen molar-refractivity contribution in [1.82, 2.24) is 29.9 Å². The van der Waals surface area contributed by atoms with Gasteiger partial charge < -0.3 is 19.7 Å². The summed E-state index contributed by atoms with van der Waals surface area (Å²) >= 11 is 1.11. The molecule has 5 heterocycles. The second-order valence-electron chi connectivity index (χ2n) is 10.4. The summed E-state index contributed by atoms with van der Waals surface area (Å²) in [6.07, 6.45) is -1.37. The number of carbonyl (C=O) groups is 1. The molecule has 9 nitrogen and oxygen atoms in total. The fourth-order valence-corrected chi connectivity index (χ4v) is 7.00. The molecule has 2 saturated heterocycles. The number of imidazole rings is 1. The number of fused-ring (bicyclic) bond motifs is 3. The molecule has 2 aliphatic rings. The summed E-state index contributed by atoms with van der Waals surface area (Å²) in [5.41, 5.74) is 0.814. The Morgan fingerprint density at radius 3 is 2.83 bits per heavy atom. The van der Waals surface area contributed by atoms with Crippen molar-refractivity contribution in [3.05, 3.63) is 47.9 Å². The number of rotatable bonds is 7. The number of hydrogen-bond donors (Lipinski definition) is 2. The number of nitrogens with zero attached hydrogens (tertiary/aromatic N) is 5. The summed E-state index contributed by atoms with van der Waals surface area (Å²) < 4.78 is 63.9. The molecule has 3 aromatic heterocycles. The minimum absolute atomic E-state index is 0.00538. The van der Waals surface area contributed by atoms with Gasteiger partial charge in [0.05, 0.1) is 40.6 Å². The van der Waals surface area contributed by atoms with Crippen LogP contribution in [0.3, 0.4) is 0 Å². The van der Waals surface area contributed by atoms with E-state index >= 15 is 4.39 Å². The molecule has 2 aliphatic heterocycles. The van der Waals surface area contributed by atoms with Gasteiger partial charge in [-0.25, -0.2) is 9.37 Å². The van der Waals surface area contributed by atoms with Crippen LogP contribution in [0.25, 0.3) is 20.8 Å². The highest BCUT2D eigenvalue weighted by Crippen LogP contribution is 2.44. The lowest BCUT2D eigenvalue weighted by molar-refractivity contribution is -0.126. The van der Waals surface area contributed by atoms with Crippen molar-refractivity contribution < 1.29 is 26.9 Å². The van der Waals surface area contributed by atoms with Crippen LogP contribution in [0.15, 0.2) is 35.2 Å². The molecule has 14 heteroatoms. The zero-order valence-corrected chi connectivity index (χ0v) is 22.5. The Kier molecular flexibility index (Phi) is 6.77. The number of hydrogen-bond acceptors (Lipinski definition) is 8. The van der Waals surface area contributed by atoms with E-state index in [0.717, 1.165) is 24.2 Å². The van der Waals surface area contributed by atoms with Crippen molar-refractivity contribution in [1.29, 1.82) is 0 Å². The second-order valence-corrected chi connectivity index (χ2v) is 11.4. The van der Waals surface area contributed by atoms with E-state index in [-0.39, 0.29) is 46.5 Å². The number of aryl methyl sites for hydroxylation is 1. The van der Waals surface area contributed by atoms with Crippen molar-refractivity contribution in [2.45, 2.75) is 62.7 Å². The Balaban J connectivity index is 1.29. The number of benzene rings is 1. The van der Waals surface area contributed by atoms with Gasteiger partial charge in [-0.2, -0.15) is 18.2 Å². The largest absolute Gasteiger partial charge is 0.393 e. The number of alkyl halides is 4. The van der Waals surface area contributed by atoms with Gasteiger partial charge in [-0.05, 0) is 43.3 Å². The van der Waals surface area contributed by atoms with Gasteiger partial charge in [0.2, 0.25) is 11.7 Å². The fraction of sp³-hybridized carbons (Fsp3) is 0.462. The third-order valence-electron chi connectivity index (χ3n) is 7.72. The van der Waals surface area contributed by atoms with Crippen molar-refractivity contribution in [3.8, 4) is 10.7 Å². The molecule has 4 aromatic rings. The lowest BCUT2D eigenvalue weighted by Crippen LogP contribution is -2.53. The Morgan fingerprint density at radius 2 is 2.08 bits per heavy atom. The van der Waals surface area contributed by atoms with Gasteiger partial charge >= 0.3 is 6.18 Å². The van der Waals surface area contributed by atoms with Crippen molar-refractivity contribution >= 4 is 33.0 Å². The third-order valence-corrected chi connectivity index (χ3v) is 9.00. The van der Waals surface area contributed by atoms with E-state index in [9.17, 15) is 18.0 Å². The molecule has 0 spiro atoms. The molecule has 2 bridgehead atoms. The Hall–Kier alpha value is -3.52. The molecule has 6 rings (SSSR count). The highest BCUT2D eigenvalue weighted by atomic mass is 32.1. The van der Waals surface area contributed by atoms with Crippen molar-refractivity contribution in [2.24, 2.45) is 7.05 Å². The van der Waals surface area contributed by atoms with Crippen LogP contribution >= 0.6 is 11.3 Å². The summed E-state index contributed by atoms with van der Waals surface area (Å²) in [5, 5.41) is 10.3. The first-order valence-corrected chi connectivity index (χ1v) is 13.7. The van der Waals surface area contributed by atoms with Gasteiger partial charge in [0.15, 0.2) is 0 Å². The smallest absolute Gasteiger partial charge is 0.378 e. The summed E-state index contributed by atoms with van der Waals surface area (Å²) in [6.45, 7) is -0.120. The Labute approximate surface area is 230 Å². The molecule has 0 unspecified atom stereocenters. The van der Waals surface area contributed by atoms with Crippen LogP contribution in [0.5, 0.6) is 0 Å². The summed E-state index contributed by atoms with van der Waals surface area (Å²) in [5.74, 6) is -0.423. The number of aromatic nitrogens is 4. The van der Waals surface area contributed by atoms with Crippen LogP contribution in [-0.4, -0.2) is 68.0 Å². The van der Waals surface area contributed by atoms with Gasteiger partial charge in [0.1, 0.15) is 11.9 Å². The molecule has 1 amide bonds. The number of anilines is 1. The van der Waals surface area contributed by atoms with E-state index in [0.29, 0.717) is 22.2 Å². The van der Waals surface area contributed by atoms with Gasteiger partial charge in [0, 0.05) is 25.3 Å². The molecular weight excluding hydrogens is 550 g/mol. The summed E-state index contributed by atoms with van der Waals surface area (Å²) in [4.78, 5) is 22.8. The summed E-state index contributed by atoms with van der Waals surface area (Å²) in [7, 11) is 3.68. The van der Waals surface area contributed by atoms with Gasteiger partial charge in [0.25, 0.3) is 5.91 Å². The molecule has 40 heavy (non-hydrogen) atoms. The minimum atomic E-state index is -4.48. The van der Waals surface area contributed by atoms with E-state index in [2.05, 4.69) is 30.7 Å². The topological polar surface area (TPSA) is 101 Å². The van der Waals surface area contributed by atoms with E-state index in [4.69, 9.17) is 4.52 Å². The Morgan fingerprint density at radius 1 is 1.25 bits per heavy atom. The van der Waals surface area contributed by atoms with Crippen molar-refractivity contribution in [3.63, 3.8) is 0 Å². The monoisotopic (exact) mass is 577 g/mol. The van der Waals surface area contributed by atoms with Gasteiger partial charge in [-0.3, -0.25) is 9.69 Å². The lowest BCUT2D eigenvalue weighted by atomic mass is 9.95. The quantitative estimate of drug-likeness (QED) is 0.307. The van der Waals surface area contributed by atoms with Crippen LogP contribution in [0.2, 0.25) is 0 Å². The highest BCUT2D eigenvalue weighted by Gasteiger charge is 2.46. The maximum absolute atomic E-state index is 15.4. The predicted octanol–water partition coefficient (Wildman–Crippen LogP) is 4.70. The first-order valence-electron chi connectivity index (χ1n) is 12.9. The van der Waals surface area contributed by atoms with Crippen LogP contribution in [0.4, 0.5) is 23.2 Å². The molecule has 4 atom stereocenters. The zero-order valence-electron chi connectivity index (χ0n) is 21.7. The predicted molar refractivity (Wildman–Crippen MR) is 141 cm³/mol. The standard InChI is InChI=1S/C26H27F4N7O2S/c1-36-11-18(32-12-36)25(38)31-10-20-34-24(35-39-20)23-15(9-26(28,29)30)14-4-3-5-16(22(14)40-23)33-17-8-13-6-7-19(21(17)27)37(13)2/h3-5,11-13,17,19,21,33H,6-10H2,1-2H3,(H,31,38)/t13-,17-,19+,21-/m1/s1. The number of halogens is 4. The molecule has 0 aliphatic carbocycles. The van der Waals surface area contributed by atoms with Crippen LogP contribution < -0.4 is 10.6 Å². The normalized spacial score (nSPS) is 23.1. The van der Waals surface area contributed by atoms with Gasteiger partial charge in [-0.15, -0.1) is 11.3 Å². The van der Waals surface area contributed by atoms with E-state index < -0.39 is 30.7 Å². The zero-order chi connectivity index (χ0) is 28.2. The van der Waals surface area contributed by atoms with Crippen molar-refractivity contribution in [2.75, 3.05) is 12.4 Å². The molecule has 0 radical (unpaired) electrons. The maximum Gasteiger partial charge on any atom is 0.393 e. The fourth-order valence-electron chi connectivity index (χ4n) is 5.77. The minimum Gasteiger partial charge on any atom is -0.378 e.